The molecule has 5 aromatic rings. The van der Waals surface area contributed by atoms with E-state index in [1.54, 1.807) is 64.6 Å². The molecule has 5 N–H and O–H groups in total. The van der Waals surface area contributed by atoms with Crippen molar-refractivity contribution in [1.82, 2.24) is 35.0 Å². The zero-order valence-corrected chi connectivity index (χ0v) is 59.1. The number of nitrogens with zero attached hydrogens (tertiary/aromatic N) is 5. The second-order valence-corrected chi connectivity index (χ2v) is 33.5. The molecule has 16 nitrogen and oxygen atoms in total. The van der Waals surface area contributed by atoms with Gasteiger partial charge in [-0.15, -0.1) is 23.1 Å². The number of piperazine rings is 1. The molecule has 11 rings (SSSR count). The van der Waals surface area contributed by atoms with Crippen molar-refractivity contribution in [2.45, 2.75) is 186 Å². The Morgan fingerprint density at radius 3 is 2.22 bits per heavy atom. The van der Waals surface area contributed by atoms with Gasteiger partial charge in [-0.25, -0.2) is 18.1 Å². The van der Waals surface area contributed by atoms with Crippen molar-refractivity contribution in [2.75, 3.05) is 75.4 Å². The van der Waals surface area contributed by atoms with Crippen molar-refractivity contribution in [3.05, 3.63) is 136 Å². The first-order chi connectivity index (χ1) is 44.1. The van der Waals surface area contributed by atoms with Gasteiger partial charge in [0.15, 0.2) is 0 Å². The molecule has 0 spiro atoms. The van der Waals surface area contributed by atoms with Crippen molar-refractivity contribution in [3.63, 3.8) is 0 Å². The third-order valence-electron chi connectivity index (χ3n) is 20.3. The molecule has 2 bridgehead atoms. The quantitative estimate of drug-likeness (QED) is 0.0180. The molecule has 2 aliphatic heterocycles. The number of carbonyl (C=O) groups is 4. The van der Waals surface area contributed by atoms with Gasteiger partial charge in [-0.2, -0.15) is 0 Å². The number of thioether (sulfide) groups is 1. The first kappa shape index (κ1) is 69.7. The number of β-amino-alcohol motifs (C(OH)–C–C–N with tert-alkyl or cyclic N) is 1. The molecular weight excluding hydrogens is 1220 g/mol. The summed E-state index contributed by atoms with van der Waals surface area (Å²) in [4.78, 5) is 70.5. The number of unbranched alkanes of at least 4 members (excludes halogenated alkanes) is 3. The van der Waals surface area contributed by atoms with Crippen LogP contribution in [-0.2, 0) is 24.4 Å². The molecule has 93 heavy (non-hydrogen) atoms. The van der Waals surface area contributed by atoms with Crippen LogP contribution in [0.3, 0.4) is 0 Å². The normalized spacial score (nSPS) is 22.4. The smallest absolute Gasteiger partial charge is 0.264 e. The van der Waals surface area contributed by atoms with E-state index in [1.807, 2.05) is 102 Å². The first-order valence-electron chi connectivity index (χ1n) is 33.8. The van der Waals surface area contributed by atoms with Gasteiger partial charge in [0.05, 0.1) is 33.1 Å². The maximum absolute atomic E-state index is 14.3. The van der Waals surface area contributed by atoms with Crippen molar-refractivity contribution >= 4 is 68.1 Å². The third kappa shape index (κ3) is 17.5. The third-order valence-corrected chi connectivity index (χ3v) is 23.8. The van der Waals surface area contributed by atoms with E-state index >= 15 is 0 Å². The van der Waals surface area contributed by atoms with Crippen molar-refractivity contribution < 1.29 is 32.7 Å². The maximum Gasteiger partial charge on any atom is 0.264 e. The van der Waals surface area contributed by atoms with Crippen LogP contribution in [0.1, 0.15) is 165 Å². The van der Waals surface area contributed by atoms with Crippen LogP contribution in [0.5, 0.6) is 0 Å². The molecule has 3 saturated carbocycles. The Bertz CT molecular complexity index is 3560. The van der Waals surface area contributed by atoms with E-state index in [9.17, 15) is 32.7 Å². The highest BCUT2D eigenvalue weighted by Crippen LogP contribution is 2.77. The average Bonchev–Trinajstić information content (AvgIpc) is 0.916. The van der Waals surface area contributed by atoms with E-state index < -0.39 is 39.5 Å². The zero-order chi connectivity index (χ0) is 66.5. The number of hydrogen-bond acceptors (Lipinski definition) is 14. The fourth-order valence-electron chi connectivity index (χ4n) is 15.0. The van der Waals surface area contributed by atoms with Crippen LogP contribution in [-0.4, -0.2) is 146 Å². The second-order valence-electron chi connectivity index (χ2n) is 29.9. The summed E-state index contributed by atoms with van der Waals surface area (Å²) in [5.74, 6) is -0.830. The van der Waals surface area contributed by atoms with E-state index in [0.29, 0.717) is 22.7 Å². The van der Waals surface area contributed by atoms with E-state index in [0.717, 1.165) is 121 Å². The minimum Gasteiger partial charge on any atom is -0.391 e. The van der Waals surface area contributed by atoms with Crippen LogP contribution in [0.4, 0.5) is 11.4 Å². The summed E-state index contributed by atoms with van der Waals surface area (Å²) in [5.41, 5.74) is 12.0. The maximum atomic E-state index is 14.3. The predicted octanol–water partition coefficient (Wildman–Crippen LogP) is 12.6. The summed E-state index contributed by atoms with van der Waals surface area (Å²) in [5, 5.41) is 20.6. The number of benzene rings is 4. The lowest BCUT2D eigenvalue weighted by Gasteiger charge is -2.72. The van der Waals surface area contributed by atoms with Gasteiger partial charge < -0.3 is 35.8 Å². The Hall–Kier alpha value is -6.09. The van der Waals surface area contributed by atoms with Crippen LogP contribution in [0.25, 0.3) is 10.4 Å². The molecule has 0 radical (unpaired) electrons. The molecule has 19 heteroatoms. The number of amides is 4. The Balaban J connectivity index is 0.651. The number of allylic oxidation sites excluding steroid dienone is 1. The number of sulfonamides is 1. The number of aryl methyl sites for hydroxylation is 2. The Labute approximate surface area is 562 Å². The number of nitrogens with one attached hydrogen (secondary N) is 4. The molecule has 1 aromatic heterocycles. The van der Waals surface area contributed by atoms with Crippen LogP contribution in [0.2, 0.25) is 0 Å². The first-order valence-corrected chi connectivity index (χ1v) is 37.2. The highest BCUT2D eigenvalue weighted by atomic mass is 32.2. The molecule has 6 aliphatic rings. The topological polar surface area (TPSA) is 197 Å². The Morgan fingerprint density at radius 2 is 1.56 bits per heavy atom. The largest absolute Gasteiger partial charge is 0.391 e. The molecular formula is C74H101N9O7S3. The van der Waals surface area contributed by atoms with E-state index in [2.05, 4.69) is 80.3 Å². The average molecular weight is 1320 g/mol. The predicted molar refractivity (Wildman–Crippen MR) is 376 cm³/mol. The van der Waals surface area contributed by atoms with Gasteiger partial charge >= 0.3 is 0 Å². The summed E-state index contributed by atoms with van der Waals surface area (Å²) in [6, 6.07) is 28.5. The number of likely N-dealkylation sites (tertiary alicyclic amines) is 1. The van der Waals surface area contributed by atoms with Crippen LogP contribution >= 0.6 is 23.1 Å². The highest BCUT2D eigenvalue weighted by molar-refractivity contribution is 7.99. The molecule has 5 atom stereocenters. The Kier molecular flexibility index (Phi) is 22.1. The molecule has 4 aliphatic carbocycles. The number of carbonyl (C=O) groups excluding carboxylic acids is 4. The van der Waals surface area contributed by atoms with Gasteiger partial charge in [0.1, 0.15) is 12.1 Å². The van der Waals surface area contributed by atoms with Crippen molar-refractivity contribution in [1.29, 1.82) is 0 Å². The zero-order valence-electron chi connectivity index (χ0n) is 56.6. The molecule has 4 amide bonds. The monoisotopic (exact) mass is 1320 g/mol. The number of rotatable bonds is 28. The molecule has 0 unspecified atom stereocenters. The number of anilines is 2. The number of aliphatic hydroxyl groups is 1. The van der Waals surface area contributed by atoms with E-state index in [1.165, 1.54) is 43.4 Å². The lowest BCUT2D eigenvalue weighted by atomic mass is 9.33. The summed E-state index contributed by atoms with van der Waals surface area (Å²) >= 11 is 3.35. The van der Waals surface area contributed by atoms with E-state index in [-0.39, 0.29) is 59.7 Å². The van der Waals surface area contributed by atoms with E-state index in [4.69, 9.17) is 0 Å². The van der Waals surface area contributed by atoms with Gasteiger partial charge in [0.25, 0.3) is 15.9 Å². The molecule has 502 valence electrons. The lowest BCUT2D eigenvalue weighted by Crippen LogP contribution is -2.61. The van der Waals surface area contributed by atoms with Crippen LogP contribution in [0, 0.1) is 35.5 Å². The minimum absolute atomic E-state index is 0.00829. The van der Waals surface area contributed by atoms with Gasteiger partial charge in [-0.05, 0) is 192 Å². The van der Waals surface area contributed by atoms with Crippen molar-refractivity contribution in [2.24, 2.45) is 21.7 Å². The number of aliphatic hydroxyl groups excluding tert-OH is 1. The fraction of sp³-hybridized carbons (Fsp3) is 0.554. The van der Waals surface area contributed by atoms with Gasteiger partial charge in [-0.3, -0.25) is 24.1 Å². The Morgan fingerprint density at radius 1 is 0.860 bits per heavy atom. The second kappa shape index (κ2) is 29.5. The summed E-state index contributed by atoms with van der Waals surface area (Å²) in [6.07, 6.45) is 11.6. The van der Waals surface area contributed by atoms with Crippen LogP contribution in [0.15, 0.2) is 124 Å². The van der Waals surface area contributed by atoms with Gasteiger partial charge in [-0.1, -0.05) is 108 Å². The molecule has 5 fully saturated rings. The fourth-order valence-corrected chi connectivity index (χ4v) is 17.9. The molecule has 3 heterocycles. The summed E-state index contributed by atoms with van der Waals surface area (Å²) < 4.78 is 29.9. The number of hydrogen-bond donors (Lipinski definition) is 5. The molecule has 2 saturated heterocycles. The SMILES string of the molecule is Cc1cc(S(=O)(=O)NC(=O)c2ccc(N3CCN(CC4=C(C56CC(C)(C5)C6)CC(C)(C)CC4)CC3)cc2)ccc1N[C@H](CCN(C)CCCCCCC(=O)N[C@H](C(=O)N1C[C@H](O)C[C@H]1C(=O)N[C@@H](C)c1ccc(-c2scnc2C)cc1)C(C)(C)C)CSc1ccccc1. The highest BCUT2D eigenvalue weighted by Gasteiger charge is 2.67. The minimum atomic E-state index is -4.18. The van der Waals surface area contributed by atoms with Gasteiger partial charge in [0.2, 0.25) is 17.7 Å². The van der Waals surface area contributed by atoms with Crippen molar-refractivity contribution in [3.8, 4) is 10.4 Å². The standard InChI is InChI=1S/C74H101N9O7S3/c1-50-40-61(93(89,90)79-68(86)55-25-27-58(28-26-55)82-38-36-81(37-39-82)43-56-31-33-72(7,8)42-62(56)74-46-73(9,47-74)48-74)29-30-63(50)77-57(45-91-60-18-14-13-15-19-60)32-35-80(10)34-17-12-11-16-20-65(85)78-67(71(4,5)6)70(88)83-44-59(84)41-64(83)69(87)76-51(2)53-21-23-54(24-22-53)66-52(3)75-49-92-66/h13-15,18-19,21-30,40,49,51,57,59,64,67,77,84H,11-12,16-17,20,31-39,41-48H2,1-10H3,(H,76,87)(H,78,85)(H,79,86)/t51-,57+,59+,64-,67+,73?,74?/m0/s1. The number of thiazole rings is 1. The molecule has 4 aromatic carbocycles. The van der Waals surface area contributed by atoms with Gasteiger partial charge in [0, 0.05) is 85.7 Å². The number of aromatic nitrogens is 1. The summed E-state index contributed by atoms with van der Waals surface area (Å²) in [6.45, 7) is 25.4. The summed E-state index contributed by atoms with van der Waals surface area (Å²) in [7, 11) is -2.06. The van der Waals surface area contributed by atoms with Crippen LogP contribution < -0.4 is 25.6 Å². The lowest BCUT2D eigenvalue weighted by molar-refractivity contribution is -0.167.